The van der Waals surface area contributed by atoms with Crippen molar-refractivity contribution < 1.29 is 14.0 Å². The van der Waals surface area contributed by atoms with Crippen molar-refractivity contribution in [1.29, 1.82) is 0 Å². The molecule has 0 aromatic carbocycles. The first-order chi connectivity index (χ1) is 6.20. The Morgan fingerprint density at radius 3 is 2.14 bits per heavy atom. The molecule has 0 bridgehead atoms. The molecular formula is C10H22O3Si. The first-order valence-corrected chi connectivity index (χ1v) is 7.91. The first kappa shape index (κ1) is 13.6. The van der Waals surface area contributed by atoms with Crippen molar-refractivity contribution >= 4 is 14.3 Å². The van der Waals surface area contributed by atoms with Crippen molar-refractivity contribution in [2.45, 2.75) is 45.8 Å². The Balaban J connectivity index is 4.16. The van der Waals surface area contributed by atoms with E-state index in [1.165, 1.54) is 0 Å². The van der Waals surface area contributed by atoms with Crippen LogP contribution in [0.1, 0.15) is 27.7 Å². The lowest BCUT2D eigenvalue weighted by Gasteiger charge is -2.35. The molecule has 0 saturated heterocycles. The molecule has 0 heterocycles. The zero-order valence-corrected chi connectivity index (χ0v) is 11.1. The lowest BCUT2D eigenvalue weighted by Crippen LogP contribution is -2.43. The quantitative estimate of drug-likeness (QED) is 0.680. The maximum absolute atomic E-state index is 11.4. The zero-order valence-electron chi connectivity index (χ0n) is 10.1. The van der Waals surface area contributed by atoms with Crippen LogP contribution in [0.25, 0.3) is 0 Å². The van der Waals surface area contributed by atoms with E-state index in [2.05, 4.69) is 33.9 Å². The molecule has 0 spiro atoms. The molecule has 14 heavy (non-hydrogen) atoms. The minimum absolute atomic E-state index is 0.0644. The van der Waals surface area contributed by atoms with Gasteiger partial charge in [-0.2, -0.15) is 0 Å². The fourth-order valence-electron chi connectivity index (χ4n) is 0.653. The third-order valence-electron chi connectivity index (χ3n) is 2.60. The van der Waals surface area contributed by atoms with E-state index in [0.717, 1.165) is 0 Å². The largest absolute Gasteiger partial charge is 0.517 e. The van der Waals surface area contributed by atoms with Crippen LogP contribution in [-0.2, 0) is 14.0 Å². The highest BCUT2D eigenvalue weighted by atomic mass is 28.4. The van der Waals surface area contributed by atoms with Crippen LogP contribution in [0.5, 0.6) is 0 Å². The zero-order chi connectivity index (χ0) is 11.4. The summed E-state index contributed by atoms with van der Waals surface area (Å²) in [5, 5.41) is 0.0644. The van der Waals surface area contributed by atoms with Crippen molar-refractivity contribution in [2.24, 2.45) is 0 Å². The van der Waals surface area contributed by atoms with Gasteiger partial charge in [0.05, 0.1) is 0 Å². The maximum Gasteiger partial charge on any atom is 0.318 e. The molecule has 0 aromatic heterocycles. The molecule has 0 atom stereocenters. The summed E-state index contributed by atoms with van der Waals surface area (Å²) in [7, 11) is -1.95. The standard InChI is InChI=1S/C10H22O3Si/c1-7-12-8-9(11)13-14(5,6)10(2,3)4/h7-8H2,1-6H3. The fraction of sp³-hybridized carbons (Fsp3) is 0.900. The van der Waals surface area contributed by atoms with Crippen molar-refractivity contribution in [1.82, 2.24) is 0 Å². The smallest absolute Gasteiger partial charge is 0.318 e. The summed E-state index contributed by atoms with van der Waals surface area (Å²) in [6.07, 6.45) is 0. The number of ether oxygens (including phenoxy) is 1. The van der Waals surface area contributed by atoms with Crippen LogP contribution >= 0.6 is 0 Å². The Morgan fingerprint density at radius 1 is 1.29 bits per heavy atom. The molecule has 0 unspecified atom stereocenters. The highest BCUT2D eigenvalue weighted by Gasteiger charge is 2.40. The highest BCUT2D eigenvalue weighted by Crippen LogP contribution is 2.36. The van der Waals surface area contributed by atoms with Gasteiger partial charge in [0, 0.05) is 6.61 Å². The van der Waals surface area contributed by atoms with Crippen molar-refractivity contribution in [3.05, 3.63) is 0 Å². The SMILES string of the molecule is CCOCC(=O)O[Si](C)(C)C(C)(C)C. The molecule has 0 aliphatic carbocycles. The molecule has 0 N–H and O–H groups in total. The van der Waals surface area contributed by atoms with E-state index in [1.54, 1.807) is 0 Å². The molecular weight excluding hydrogens is 196 g/mol. The van der Waals surface area contributed by atoms with Crippen LogP contribution in [0.4, 0.5) is 0 Å². The van der Waals surface area contributed by atoms with E-state index in [0.29, 0.717) is 6.61 Å². The van der Waals surface area contributed by atoms with Gasteiger partial charge in [-0.3, -0.25) is 4.79 Å². The molecule has 0 aliphatic heterocycles. The maximum atomic E-state index is 11.4. The van der Waals surface area contributed by atoms with Gasteiger partial charge in [-0.25, -0.2) is 0 Å². The average molecular weight is 218 g/mol. The summed E-state index contributed by atoms with van der Waals surface area (Å²) in [6.45, 7) is 12.9. The van der Waals surface area contributed by atoms with Gasteiger partial charge in [0.25, 0.3) is 8.32 Å². The number of rotatable bonds is 4. The first-order valence-electron chi connectivity index (χ1n) is 5.00. The lowest BCUT2D eigenvalue weighted by molar-refractivity contribution is -0.140. The van der Waals surface area contributed by atoms with Crippen LogP contribution in [0.3, 0.4) is 0 Å². The predicted molar refractivity (Wildman–Crippen MR) is 59.8 cm³/mol. The summed E-state index contributed by atoms with van der Waals surface area (Å²) in [6, 6.07) is 0. The van der Waals surface area contributed by atoms with Crippen LogP contribution in [0.15, 0.2) is 0 Å². The highest BCUT2D eigenvalue weighted by molar-refractivity contribution is 6.75. The third kappa shape index (κ3) is 4.24. The van der Waals surface area contributed by atoms with E-state index in [1.807, 2.05) is 6.92 Å². The topological polar surface area (TPSA) is 35.5 Å². The second-order valence-electron chi connectivity index (χ2n) is 4.87. The molecule has 0 radical (unpaired) electrons. The van der Waals surface area contributed by atoms with Crippen LogP contribution < -0.4 is 0 Å². The summed E-state index contributed by atoms with van der Waals surface area (Å²) in [5.41, 5.74) is 0. The van der Waals surface area contributed by atoms with Crippen LogP contribution in [0, 0.1) is 0 Å². The van der Waals surface area contributed by atoms with Gasteiger partial charge in [-0.1, -0.05) is 20.8 Å². The van der Waals surface area contributed by atoms with Gasteiger partial charge in [-0.15, -0.1) is 0 Å². The third-order valence-corrected chi connectivity index (χ3v) is 6.95. The van der Waals surface area contributed by atoms with Gasteiger partial charge in [-0.05, 0) is 25.1 Å². The van der Waals surface area contributed by atoms with E-state index < -0.39 is 8.32 Å². The Bertz CT molecular complexity index is 194. The molecule has 0 rings (SSSR count). The van der Waals surface area contributed by atoms with Crippen LogP contribution in [-0.4, -0.2) is 27.5 Å². The number of carbonyl (C=O) groups excluding carboxylic acids is 1. The average Bonchev–Trinajstić information content (AvgIpc) is 1.97. The minimum atomic E-state index is -1.95. The van der Waals surface area contributed by atoms with Gasteiger partial charge in [0.2, 0.25) is 0 Å². The Labute approximate surface area is 87.9 Å². The van der Waals surface area contributed by atoms with Crippen molar-refractivity contribution in [3.8, 4) is 0 Å². The lowest BCUT2D eigenvalue weighted by atomic mass is 10.2. The number of carbonyl (C=O) groups is 1. The Hall–Kier alpha value is -0.353. The second kappa shape index (κ2) is 4.93. The molecule has 84 valence electrons. The molecule has 3 nitrogen and oxygen atoms in total. The van der Waals surface area contributed by atoms with Crippen LogP contribution in [0.2, 0.25) is 18.1 Å². The van der Waals surface area contributed by atoms with E-state index in [4.69, 9.17) is 9.16 Å². The number of hydrogen-bond donors (Lipinski definition) is 0. The Morgan fingerprint density at radius 2 is 1.79 bits per heavy atom. The van der Waals surface area contributed by atoms with Gasteiger partial charge in [0.1, 0.15) is 6.61 Å². The summed E-state index contributed by atoms with van der Waals surface area (Å²) < 4.78 is 10.5. The summed E-state index contributed by atoms with van der Waals surface area (Å²) in [4.78, 5) is 11.4. The molecule has 0 fully saturated rings. The molecule has 0 amide bonds. The predicted octanol–water partition coefficient (Wildman–Crippen LogP) is 2.57. The van der Waals surface area contributed by atoms with Crippen molar-refractivity contribution in [3.63, 3.8) is 0 Å². The van der Waals surface area contributed by atoms with Crippen molar-refractivity contribution in [2.75, 3.05) is 13.2 Å². The van der Waals surface area contributed by atoms with E-state index >= 15 is 0 Å². The summed E-state index contributed by atoms with van der Waals surface area (Å²) in [5.74, 6) is -0.238. The van der Waals surface area contributed by atoms with Gasteiger partial charge in [0.15, 0.2) is 0 Å². The van der Waals surface area contributed by atoms with E-state index in [9.17, 15) is 4.79 Å². The molecule has 0 aliphatic rings. The molecule has 0 saturated carbocycles. The monoisotopic (exact) mass is 218 g/mol. The Kier molecular flexibility index (Phi) is 4.81. The normalized spacial score (nSPS) is 12.7. The molecule has 4 heteroatoms. The minimum Gasteiger partial charge on any atom is -0.517 e. The number of hydrogen-bond acceptors (Lipinski definition) is 3. The second-order valence-corrected chi connectivity index (χ2v) is 9.60. The van der Waals surface area contributed by atoms with Gasteiger partial charge < -0.3 is 9.16 Å². The summed E-state index contributed by atoms with van der Waals surface area (Å²) >= 11 is 0. The van der Waals surface area contributed by atoms with E-state index in [-0.39, 0.29) is 17.6 Å². The fourth-order valence-corrected chi connectivity index (χ4v) is 1.59. The van der Waals surface area contributed by atoms with Gasteiger partial charge >= 0.3 is 5.97 Å². The molecule has 0 aromatic rings.